The van der Waals surface area contributed by atoms with Crippen molar-refractivity contribution < 1.29 is 4.42 Å². The summed E-state index contributed by atoms with van der Waals surface area (Å²) in [5.41, 5.74) is 2.13. The van der Waals surface area contributed by atoms with E-state index in [0.29, 0.717) is 23.5 Å². The van der Waals surface area contributed by atoms with Gasteiger partial charge in [-0.25, -0.2) is 0 Å². The maximum atomic E-state index is 5.87. The predicted molar refractivity (Wildman–Crippen MR) is 115 cm³/mol. The van der Waals surface area contributed by atoms with Crippen molar-refractivity contribution in [2.45, 2.75) is 36.2 Å². The van der Waals surface area contributed by atoms with E-state index in [1.54, 1.807) is 11.8 Å². The Kier molecular flexibility index (Phi) is 5.20. The third-order valence-electron chi connectivity index (χ3n) is 4.77. The molecule has 0 aliphatic heterocycles. The molecular weight excluding hydrogens is 450 g/mol. The molecule has 0 amide bonds. The van der Waals surface area contributed by atoms with Crippen molar-refractivity contribution in [1.29, 1.82) is 0 Å². The summed E-state index contributed by atoms with van der Waals surface area (Å²) < 4.78 is 9.02. The molecule has 2 aromatic carbocycles. The van der Waals surface area contributed by atoms with Crippen molar-refractivity contribution in [3.63, 3.8) is 0 Å². The van der Waals surface area contributed by atoms with E-state index >= 15 is 0 Å². The fourth-order valence-corrected chi connectivity index (χ4v) is 4.38. The Morgan fingerprint density at radius 1 is 0.966 bits per heavy atom. The molecule has 8 heteroatoms. The van der Waals surface area contributed by atoms with Gasteiger partial charge < -0.3 is 8.98 Å². The summed E-state index contributed by atoms with van der Waals surface area (Å²) in [6.07, 6.45) is 2.38. The van der Waals surface area contributed by atoms with Crippen LogP contribution in [0.2, 0.25) is 0 Å². The number of hydrogen-bond donors (Lipinski definition) is 0. The molecule has 0 spiro atoms. The van der Waals surface area contributed by atoms with Crippen LogP contribution in [-0.2, 0) is 12.3 Å². The molecule has 0 radical (unpaired) electrons. The first-order chi connectivity index (χ1) is 14.3. The van der Waals surface area contributed by atoms with Crippen LogP contribution in [0.1, 0.15) is 36.0 Å². The van der Waals surface area contributed by atoms with E-state index in [9.17, 15) is 0 Å². The zero-order chi connectivity index (χ0) is 19.6. The average molecular weight is 468 g/mol. The van der Waals surface area contributed by atoms with Crippen molar-refractivity contribution in [2.75, 3.05) is 0 Å². The Morgan fingerprint density at radius 2 is 1.76 bits per heavy atom. The topological polar surface area (TPSA) is 69.6 Å². The van der Waals surface area contributed by atoms with Crippen LogP contribution in [0, 0.1) is 0 Å². The lowest BCUT2D eigenvalue weighted by Crippen LogP contribution is -2.06. The largest absolute Gasteiger partial charge is 0.420 e. The minimum atomic E-state index is 0.512. The molecule has 1 aliphatic rings. The fourth-order valence-electron chi connectivity index (χ4n) is 3.15. The summed E-state index contributed by atoms with van der Waals surface area (Å²) >= 11 is 5.11. The van der Waals surface area contributed by atoms with Gasteiger partial charge in [0.25, 0.3) is 0 Å². The number of aromatic nitrogens is 5. The first kappa shape index (κ1) is 18.6. The number of nitrogens with zero attached hydrogens (tertiary/aromatic N) is 5. The Balaban J connectivity index is 1.34. The van der Waals surface area contributed by atoms with Crippen LogP contribution < -0.4 is 0 Å². The smallest absolute Gasteiger partial charge is 0.248 e. The Labute approximate surface area is 180 Å². The second kappa shape index (κ2) is 8.12. The molecule has 4 aromatic rings. The minimum absolute atomic E-state index is 0.512. The van der Waals surface area contributed by atoms with Gasteiger partial charge in [-0.05, 0) is 46.5 Å². The van der Waals surface area contributed by atoms with Crippen molar-refractivity contribution in [3.05, 3.63) is 76.3 Å². The van der Waals surface area contributed by atoms with Gasteiger partial charge in [-0.1, -0.05) is 54.2 Å². The predicted octanol–water partition coefficient (Wildman–Crippen LogP) is 5.31. The summed E-state index contributed by atoms with van der Waals surface area (Å²) in [7, 11) is 0. The van der Waals surface area contributed by atoms with Crippen LogP contribution in [-0.4, -0.2) is 25.0 Å². The molecule has 29 heavy (non-hydrogen) atoms. The van der Waals surface area contributed by atoms with Crippen LogP contribution in [0.5, 0.6) is 0 Å². The molecule has 6 nitrogen and oxygen atoms in total. The van der Waals surface area contributed by atoms with E-state index in [1.165, 1.54) is 18.4 Å². The van der Waals surface area contributed by atoms with E-state index in [2.05, 4.69) is 65.2 Å². The summed E-state index contributed by atoms with van der Waals surface area (Å²) in [5.74, 6) is 3.25. The lowest BCUT2D eigenvalue weighted by atomic mass is 10.2. The third-order valence-corrected chi connectivity index (χ3v) is 6.41. The molecule has 0 saturated heterocycles. The van der Waals surface area contributed by atoms with Gasteiger partial charge >= 0.3 is 0 Å². The number of benzene rings is 2. The number of halogens is 1. The first-order valence-electron chi connectivity index (χ1n) is 9.45. The lowest BCUT2D eigenvalue weighted by Gasteiger charge is -2.09. The van der Waals surface area contributed by atoms with E-state index in [-0.39, 0.29) is 0 Å². The van der Waals surface area contributed by atoms with Crippen molar-refractivity contribution in [3.8, 4) is 11.5 Å². The van der Waals surface area contributed by atoms with Crippen LogP contribution in [0.15, 0.2) is 68.6 Å². The molecule has 146 valence electrons. The van der Waals surface area contributed by atoms with Gasteiger partial charge in [0, 0.05) is 10.4 Å². The van der Waals surface area contributed by atoms with Crippen LogP contribution in [0.25, 0.3) is 11.5 Å². The third kappa shape index (κ3) is 4.13. The maximum absolute atomic E-state index is 5.87. The zero-order valence-corrected chi connectivity index (χ0v) is 17.9. The summed E-state index contributed by atoms with van der Waals surface area (Å²) in [6, 6.07) is 18.2. The monoisotopic (exact) mass is 467 g/mol. The molecule has 0 bridgehead atoms. The Hall–Kier alpha value is -2.45. The van der Waals surface area contributed by atoms with Gasteiger partial charge in [0.05, 0.1) is 17.9 Å². The van der Waals surface area contributed by atoms with Gasteiger partial charge in [0.2, 0.25) is 11.8 Å². The number of hydrogen-bond acceptors (Lipinski definition) is 6. The minimum Gasteiger partial charge on any atom is -0.420 e. The normalized spacial score (nSPS) is 13.7. The lowest BCUT2D eigenvalue weighted by molar-refractivity contribution is 0.527. The van der Waals surface area contributed by atoms with Crippen LogP contribution >= 0.6 is 27.7 Å². The SMILES string of the molecule is Brc1ccccc1-c1nnc(CSc2nnc(C3CC3)n2Cc2ccccc2)o1. The van der Waals surface area contributed by atoms with Gasteiger partial charge in [0.1, 0.15) is 5.82 Å². The van der Waals surface area contributed by atoms with Crippen molar-refractivity contribution >= 4 is 27.7 Å². The Bertz CT molecular complexity index is 1120. The summed E-state index contributed by atoms with van der Waals surface area (Å²) in [6.45, 7) is 0.772. The molecule has 0 N–H and O–H groups in total. The Morgan fingerprint density at radius 3 is 2.55 bits per heavy atom. The highest BCUT2D eigenvalue weighted by Crippen LogP contribution is 2.40. The summed E-state index contributed by atoms with van der Waals surface area (Å²) in [5, 5.41) is 18.2. The van der Waals surface area contributed by atoms with Gasteiger partial charge in [-0.3, -0.25) is 0 Å². The summed E-state index contributed by atoms with van der Waals surface area (Å²) in [4.78, 5) is 0. The van der Waals surface area contributed by atoms with E-state index in [1.807, 2.05) is 30.3 Å². The van der Waals surface area contributed by atoms with Crippen LogP contribution in [0.4, 0.5) is 0 Å². The van der Waals surface area contributed by atoms with Crippen LogP contribution in [0.3, 0.4) is 0 Å². The second-order valence-corrected chi connectivity index (χ2v) is 8.75. The molecule has 0 atom stereocenters. The fraction of sp³-hybridized carbons (Fsp3) is 0.238. The van der Waals surface area contributed by atoms with Crippen molar-refractivity contribution in [1.82, 2.24) is 25.0 Å². The van der Waals surface area contributed by atoms with Gasteiger partial charge in [0.15, 0.2) is 5.16 Å². The standard InChI is InChI=1S/C21H18BrN5OS/c22-17-9-5-4-8-16(17)20-25-23-18(28-20)13-29-21-26-24-19(15-10-11-15)27(21)12-14-6-2-1-3-7-14/h1-9,15H,10-13H2. The molecule has 5 rings (SSSR count). The van der Waals surface area contributed by atoms with Crippen molar-refractivity contribution in [2.24, 2.45) is 0 Å². The second-order valence-electron chi connectivity index (χ2n) is 6.96. The molecule has 2 aromatic heterocycles. The molecule has 1 saturated carbocycles. The molecule has 1 aliphatic carbocycles. The average Bonchev–Trinajstić information content (AvgIpc) is 3.35. The van der Waals surface area contributed by atoms with Gasteiger partial charge in [-0.15, -0.1) is 20.4 Å². The highest BCUT2D eigenvalue weighted by molar-refractivity contribution is 9.10. The maximum Gasteiger partial charge on any atom is 0.248 e. The molecule has 0 unspecified atom stereocenters. The highest BCUT2D eigenvalue weighted by atomic mass is 79.9. The zero-order valence-electron chi connectivity index (χ0n) is 15.5. The molecule has 2 heterocycles. The quantitative estimate of drug-likeness (QED) is 0.343. The molecule has 1 fully saturated rings. The number of thioether (sulfide) groups is 1. The first-order valence-corrected chi connectivity index (χ1v) is 11.2. The highest BCUT2D eigenvalue weighted by Gasteiger charge is 2.30. The number of rotatable bonds is 7. The van der Waals surface area contributed by atoms with E-state index in [4.69, 9.17) is 4.42 Å². The van der Waals surface area contributed by atoms with Gasteiger partial charge in [-0.2, -0.15) is 0 Å². The molecular formula is C21H18BrN5OS. The van der Waals surface area contributed by atoms with E-state index in [0.717, 1.165) is 27.6 Å². The van der Waals surface area contributed by atoms with E-state index < -0.39 is 0 Å².